The number of hydrogen-bond donors (Lipinski definition) is 2. The van der Waals surface area contributed by atoms with Gasteiger partial charge in [-0.2, -0.15) is 5.10 Å². The highest BCUT2D eigenvalue weighted by atomic mass is 16.1. The fraction of sp³-hybridized carbons (Fsp3) is 0.500. The monoisotopic (exact) mass is 340 g/mol. The lowest BCUT2D eigenvalue weighted by Crippen LogP contribution is -2.42. The SMILES string of the molecule is Cc1ccc(-n2cc(C(=O)NC(CN)C3CC3)c(C(C)(C)C)n2)cc1. The molecule has 1 aromatic carbocycles. The highest BCUT2D eigenvalue weighted by molar-refractivity contribution is 5.95. The maximum atomic E-state index is 12.9. The highest BCUT2D eigenvalue weighted by Crippen LogP contribution is 2.33. The van der Waals surface area contributed by atoms with E-state index in [1.165, 1.54) is 5.56 Å². The van der Waals surface area contributed by atoms with Crippen LogP contribution in [0, 0.1) is 12.8 Å². The quantitative estimate of drug-likeness (QED) is 0.879. The first-order valence-electron chi connectivity index (χ1n) is 8.97. The van der Waals surface area contributed by atoms with Gasteiger partial charge in [0.15, 0.2) is 0 Å². The number of nitrogens with two attached hydrogens (primary N) is 1. The van der Waals surface area contributed by atoms with Gasteiger partial charge in [0.2, 0.25) is 0 Å². The molecule has 1 atom stereocenters. The Morgan fingerprint density at radius 2 is 1.96 bits per heavy atom. The number of benzene rings is 1. The molecule has 0 radical (unpaired) electrons. The van der Waals surface area contributed by atoms with Crippen molar-refractivity contribution in [2.24, 2.45) is 11.7 Å². The van der Waals surface area contributed by atoms with Gasteiger partial charge in [-0.25, -0.2) is 4.68 Å². The highest BCUT2D eigenvalue weighted by Gasteiger charge is 2.33. The third kappa shape index (κ3) is 3.93. The first kappa shape index (κ1) is 17.7. The fourth-order valence-electron chi connectivity index (χ4n) is 3.04. The molecule has 0 spiro atoms. The summed E-state index contributed by atoms with van der Waals surface area (Å²) in [6, 6.07) is 8.19. The van der Waals surface area contributed by atoms with E-state index in [1.54, 1.807) is 4.68 Å². The lowest BCUT2D eigenvalue weighted by Gasteiger charge is -2.19. The van der Waals surface area contributed by atoms with Gasteiger partial charge in [-0.3, -0.25) is 4.79 Å². The Labute approximate surface area is 149 Å². The van der Waals surface area contributed by atoms with Gasteiger partial charge in [-0.1, -0.05) is 38.5 Å². The summed E-state index contributed by atoms with van der Waals surface area (Å²) in [6.45, 7) is 8.76. The zero-order chi connectivity index (χ0) is 18.2. The normalized spacial score (nSPS) is 15.9. The first-order valence-corrected chi connectivity index (χ1v) is 8.97. The van der Waals surface area contributed by atoms with Gasteiger partial charge in [0.1, 0.15) is 0 Å². The molecule has 3 N–H and O–H groups in total. The van der Waals surface area contributed by atoms with Gasteiger partial charge in [-0.05, 0) is 37.8 Å². The molecule has 1 unspecified atom stereocenters. The predicted octanol–water partition coefficient (Wildman–Crippen LogP) is 2.95. The summed E-state index contributed by atoms with van der Waals surface area (Å²) >= 11 is 0. The molecule has 0 bridgehead atoms. The van der Waals surface area contributed by atoms with Crippen molar-refractivity contribution < 1.29 is 4.79 Å². The summed E-state index contributed by atoms with van der Waals surface area (Å²) in [6.07, 6.45) is 4.13. The van der Waals surface area contributed by atoms with Gasteiger partial charge >= 0.3 is 0 Å². The van der Waals surface area contributed by atoms with Crippen LogP contribution in [0.1, 0.15) is 55.2 Å². The smallest absolute Gasteiger partial charge is 0.255 e. The van der Waals surface area contributed by atoms with Crippen LogP contribution in [0.5, 0.6) is 0 Å². The van der Waals surface area contributed by atoms with E-state index in [2.05, 4.69) is 33.0 Å². The number of nitrogens with zero attached hydrogens (tertiary/aromatic N) is 2. The van der Waals surface area contributed by atoms with Crippen LogP contribution in [-0.4, -0.2) is 28.3 Å². The van der Waals surface area contributed by atoms with Gasteiger partial charge in [0.25, 0.3) is 5.91 Å². The molecule has 2 aromatic rings. The van der Waals surface area contributed by atoms with E-state index in [0.29, 0.717) is 18.0 Å². The number of carbonyl (C=O) groups excluding carboxylic acids is 1. The zero-order valence-corrected chi connectivity index (χ0v) is 15.5. The summed E-state index contributed by atoms with van der Waals surface area (Å²) in [5.74, 6) is 0.449. The van der Waals surface area contributed by atoms with Gasteiger partial charge < -0.3 is 11.1 Å². The fourth-order valence-corrected chi connectivity index (χ4v) is 3.04. The summed E-state index contributed by atoms with van der Waals surface area (Å²) in [4.78, 5) is 12.9. The van der Waals surface area contributed by atoms with Crippen molar-refractivity contribution in [3.8, 4) is 5.69 Å². The van der Waals surface area contributed by atoms with Crippen LogP contribution in [0.25, 0.3) is 5.69 Å². The Balaban J connectivity index is 1.93. The standard InChI is InChI=1S/C20H28N4O/c1-13-5-9-15(10-6-13)24-12-16(18(23-24)20(2,3)4)19(25)22-17(11-21)14-7-8-14/h5-6,9-10,12,14,17H,7-8,11,21H2,1-4H3,(H,22,25). The van der Waals surface area contributed by atoms with Crippen LogP contribution in [0.15, 0.2) is 30.5 Å². The molecule has 134 valence electrons. The van der Waals surface area contributed by atoms with Crippen molar-refractivity contribution in [3.05, 3.63) is 47.3 Å². The average molecular weight is 340 g/mol. The van der Waals surface area contributed by atoms with Gasteiger partial charge in [0.05, 0.1) is 16.9 Å². The molecule has 25 heavy (non-hydrogen) atoms. The second kappa shape index (κ2) is 6.64. The third-order valence-electron chi connectivity index (χ3n) is 4.73. The third-order valence-corrected chi connectivity index (χ3v) is 4.73. The molecular formula is C20H28N4O. The first-order chi connectivity index (χ1) is 11.8. The summed E-state index contributed by atoms with van der Waals surface area (Å²) in [5, 5.41) is 7.83. The zero-order valence-electron chi connectivity index (χ0n) is 15.5. The summed E-state index contributed by atoms with van der Waals surface area (Å²) in [7, 11) is 0. The maximum Gasteiger partial charge on any atom is 0.255 e. The molecule has 1 saturated carbocycles. The van der Waals surface area contributed by atoms with Crippen LogP contribution >= 0.6 is 0 Å². The minimum atomic E-state index is -0.222. The second-order valence-corrected chi connectivity index (χ2v) is 8.07. The van der Waals surface area contributed by atoms with Crippen LogP contribution in [0.4, 0.5) is 0 Å². The molecule has 5 heteroatoms. The van der Waals surface area contributed by atoms with Crippen molar-refractivity contribution in [3.63, 3.8) is 0 Å². The van der Waals surface area contributed by atoms with E-state index >= 15 is 0 Å². The van der Waals surface area contributed by atoms with Crippen molar-refractivity contribution in [2.45, 2.75) is 52.0 Å². The number of aromatic nitrogens is 2. The van der Waals surface area contributed by atoms with Crippen LogP contribution in [0.3, 0.4) is 0 Å². The van der Waals surface area contributed by atoms with E-state index in [-0.39, 0.29) is 17.4 Å². The minimum Gasteiger partial charge on any atom is -0.348 e. The molecule has 5 nitrogen and oxygen atoms in total. The molecule has 1 heterocycles. The van der Waals surface area contributed by atoms with E-state index in [4.69, 9.17) is 10.8 Å². The lowest BCUT2D eigenvalue weighted by atomic mass is 9.89. The Hall–Kier alpha value is -2.14. The van der Waals surface area contributed by atoms with Crippen molar-refractivity contribution in [2.75, 3.05) is 6.54 Å². The number of hydrogen-bond acceptors (Lipinski definition) is 3. The summed E-state index contributed by atoms with van der Waals surface area (Å²) < 4.78 is 1.80. The molecule has 3 rings (SSSR count). The Kier molecular flexibility index (Phi) is 4.69. The van der Waals surface area contributed by atoms with Crippen molar-refractivity contribution in [1.82, 2.24) is 15.1 Å². The molecular weight excluding hydrogens is 312 g/mol. The molecule has 1 aromatic heterocycles. The minimum absolute atomic E-state index is 0.0584. The van der Waals surface area contributed by atoms with Gasteiger partial charge in [0, 0.05) is 24.2 Å². The Morgan fingerprint density at radius 1 is 1.32 bits per heavy atom. The van der Waals surface area contributed by atoms with E-state index < -0.39 is 0 Å². The van der Waals surface area contributed by atoms with E-state index in [0.717, 1.165) is 24.2 Å². The molecule has 1 amide bonds. The van der Waals surface area contributed by atoms with Crippen LogP contribution in [0.2, 0.25) is 0 Å². The lowest BCUT2D eigenvalue weighted by molar-refractivity contribution is 0.0931. The largest absolute Gasteiger partial charge is 0.348 e. The molecule has 0 saturated heterocycles. The number of amides is 1. The van der Waals surface area contributed by atoms with E-state index in [9.17, 15) is 4.79 Å². The number of nitrogens with one attached hydrogen (secondary N) is 1. The van der Waals surface area contributed by atoms with E-state index in [1.807, 2.05) is 30.5 Å². The van der Waals surface area contributed by atoms with Crippen LogP contribution < -0.4 is 11.1 Å². The molecule has 1 fully saturated rings. The Morgan fingerprint density at radius 3 is 2.48 bits per heavy atom. The molecule has 1 aliphatic carbocycles. The molecule has 0 aliphatic heterocycles. The van der Waals surface area contributed by atoms with Gasteiger partial charge in [-0.15, -0.1) is 0 Å². The van der Waals surface area contributed by atoms with Crippen molar-refractivity contribution in [1.29, 1.82) is 0 Å². The summed E-state index contributed by atoms with van der Waals surface area (Å²) in [5.41, 5.74) is 9.20. The Bertz CT molecular complexity index is 751. The topological polar surface area (TPSA) is 72.9 Å². The number of rotatable bonds is 5. The predicted molar refractivity (Wildman–Crippen MR) is 100 cm³/mol. The van der Waals surface area contributed by atoms with Crippen molar-refractivity contribution >= 4 is 5.91 Å². The van der Waals surface area contributed by atoms with Crippen LogP contribution in [-0.2, 0) is 5.41 Å². The maximum absolute atomic E-state index is 12.9. The molecule has 1 aliphatic rings. The second-order valence-electron chi connectivity index (χ2n) is 8.07. The number of aryl methyl sites for hydroxylation is 1. The average Bonchev–Trinajstić information content (AvgIpc) is 3.29. The number of carbonyl (C=O) groups is 1.